The maximum absolute atomic E-state index is 13.3. The van der Waals surface area contributed by atoms with Crippen LogP contribution in [0.1, 0.15) is 38.7 Å². The lowest BCUT2D eigenvalue weighted by Gasteiger charge is -2.15. The minimum Gasteiger partial charge on any atom is -0.494 e. The van der Waals surface area contributed by atoms with Crippen molar-refractivity contribution >= 4 is 29.1 Å². The first kappa shape index (κ1) is 23.1. The molecular weight excluding hydrogens is 410 g/mol. The Morgan fingerprint density at radius 1 is 0.871 bits per heavy atom. The van der Waals surface area contributed by atoms with E-state index in [0.717, 1.165) is 29.1 Å². The SMILES string of the molecule is CCCCOCCCN1C(=O)C(Sc2ccccc2)=C(c2ccc(OCC)cc2)C1=O. The average molecular weight is 440 g/mol. The Hall–Kier alpha value is -2.57. The first-order valence-corrected chi connectivity index (χ1v) is 11.6. The third-order valence-electron chi connectivity index (χ3n) is 4.86. The van der Waals surface area contributed by atoms with E-state index in [2.05, 4.69) is 6.92 Å². The number of amides is 2. The number of benzene rings is 2. The van der Waals surface area contributed by atoms with Crippen LogP contribution < -0.4 is 4.74 Å². The summed E-state index contributed by atoms with van der Waals surface area (Å²) < 4.78 is 11.1. The number of ether oxygens (including phenoxy) is 2. The van der Waals surface area contributed by atoms with E-state index >= 15 is 0 Å². The van der Waals surface area contributed by atoms with Crippen molar-refractivity contribution in [3.8, 4) is 5.75 Å². The van der Waals surface area contributed by atoms with Crippen molar-refractivity contribution in [2.75, 3.05) is 26.4 Å². The van der Waals surface area contributed by atoms with Gasteiger partial charge in [-0.2, -0.15) is 0 Å². The number of rotatable bonds is 12. The fraction of sp³-hybridized carbons (Fsp3) is 0.360. The lowest BCUT2D eigenvalue weighted by Crippen LogP contribution is -2.33. The third kappa shape index (κ3) is 5.99. The molecule has 0 bridgehead atoms. The van der Waals surface area contributed by atoms with E-state index in [1.807, 2.05) is 61.5 Å². The minimum atomic E-state index is -0.249. The molecule has 2 aromatic rings. The summed E-state index contributed by atoms with van der Waals surface area (Å²) in [6.45, 7) is 6.21. The zero-order chi connectivity index (χ0) is 22.1. The Labute approximate surface area is 188 Å². The number of hydrogen-bond donors (Lipinski definition) is 0. The van der Waals surface area contributed by atoms with Gasteiger partial charge in [0.2, 0.25) is 0 Å². The van der Waals surface area contributed by atoms with Crippen LogP contribution in [0.25, 0.3) is 5.57 Å². The molecule has 1 aliphatic heterocycles. The summed E-state index contributed by atoms with van der Waals surface area (Å²) in [7, 11) is 0. The monoisotopic (exact) mass is 439 g/mol. The zero-order valence-electron chi connectivity index (χ0n) is 18.1. The second-order valence-electron chi connectivity index (χ2n) is 7.16. The molecule has 0 saturated carbocycles. The summed E-state index contributed by atoms with van der Waals surface area (Å²) in [4.78, 5) is 29.2. The molecule has 0 atom stereocenters. The van der Waals surface area contributed by atoms with E-state index in [1.165, 1.54) is 16.7 Å². The van der Waals surface area contributed by atoms with Crippen molar-refractivity contribution < 1.29 is 19.1 Å². The molecule has 0 spiro atoms. The van der Waals surface area contributed by atoms with Gasteiger partial charge in [-0.25, -0.2) is 0 Å². The highest BCUT2D eigenvalue weighted by molar-refractivity contribution is 8.04. The van der Waals surface area contributed by atoms with E-state index in [4.69, 9.17) is 9.47 Å². The van der Waals surface area contributed by atoms with Crippen molar-refractivity contribution in [3.63, 3.8) is 0 Å². The van der Waals surface area contributed by atoms with Crippen molar-refractivity contribution in [2.45, 2.75) is 38.0 Å². The molecule has 0 fully saturated rings. The van der Waals surface area contributed by atoms with Crippen LogP contribution in [-0.2, 0) is 14.3 Å². The van der Waals surface area contributed by atoms with Crippen molar-refractivity contribution in [2.24, 2.45) is 0 Å². The smallest absolute Gasteiger partial charge is 0.268 e. The number of thioether (sulfide) groups is 1. The number of nitrogens with zero attached hydrogens (tertiary/aromatic N) is 1. The maximum Gasteiger partial charge on any atom is 0.268 e. The van der Waals surface area contributed by atoms with Crippen LogP contribution in [-0.4, -0.2) is 43.1 Å². The molecule has 164 valence electrons. The molecule has 1 heterocycles. The number of unbranched alkanes of at least 4 members (excludes halogenated alkanes) is 1. The highest BCUT2D eigenvalue weighted by Gasteiger charge is 2.39. The van der Waals surface area contributed by atoms with Crippen LogP contribution in [0, 0.1) is 0 Å². The van der Waals surface area contributed by atoms with E-state index in [0.29, 0.717) is 43.3 Å². The van der Waals surface area contributed by atoms with Crippen molar-refractivity contribution in [3.05, 3.63) is 65.1 Å². The Morgan fingerprint density at radius 3 is 2.26 bits per heavy atom. The Balaban J connectivity index is 1.81. The van der Waals surface area contributed by atoms with Crippen LogP contribution in [0.4, 0.5) is 0 Å². The summed E-state index contributed by atoms with van der Waals surface area (Å²) in [6, 6.07) is 17.0. The predicted molar refractivity (Wildman–Crippen MR) is 124 cm³/mol. The van der Waals surface area contributed by atoms with E-state index in [9.17, 15) is 9.59 Å². The van der Waals surface area contributed by atoms with E-state index in [1.54, 1.807) is 0 Å². The zero-order valence-corrected chi connectivity index (χ0v) is 19.0. The molecule has 0 aliphatic carbocycles. The van der Waals surface area contributed by atoms with Crippen LogP contribution in [0.5, 0.6) is 5.75 Å². The highest BCUT2D eigenvalue weighted by Crippen LogP contribution is 2.40. The minimum absolute atomic E-state index is 0.240. The fourth-order valence-electron chi connectivity index (χ4n) is 3.27. The number of imide groups is 1. The molecule has 0 saturated heterocycles. The summed E-state index contributed by atoms with van der Waals surface area (Å²) in [5.41, 5.74) is 1.18. The van der Waals surface area contributed by atoms with Crippen LogP contribution in [0.2, 0.25) is 0 Å². The molecule has 5 nitrogen and oxygen atoms in total. The third-order valence-corrected chi connectivity index (χ3v) is 5.95. The molecule has 2 amide bonds. The topological polar surface area (TPSA) is 55.8 Å². The van der Waals surface area contributed by atoms with E-state index < -0.39 is 0 Å². The van der Waals surface area contributed by atoms with Crippen LogP contribution >= 0.6 is 11.8 Å². The fourth-order valence-corrected chi connectivity index (χ4v) is 4.30. The first-order valence-electron chi connectivity index (χ1n) is 10.8. The summed E-state index contributed by atoms with van der Waals surface area (Å²) in [5, 5.41) is 0. The Kier molecular flexibility index (Phi) is 8.74. The molecule has 2 aromatic carbocycles. The van der Waals surface area contributed by atoms with Gasteiger partial charge in [-0.3, -0.25) is 14.5 Å². The van der Waals surface area contributed by atoms with Crippen molar-refractivity contribution in [1.29, 1.82) is 0 Å². The van der Waals surface area contributed by atoms with Gasteiger partial charge in [0.15, 0.2) is 0 Å². The maximum atomic E-state index is 13.3. The van der Waals surface area contributed by atoms with Crippen LogP contribution in [0.3, 0.4) is 0 Å². The molecule has 0 radical (unpaired) electrons. The van der Waals surface area contributed by atoms with Gasteiger partial charge in [-0.05, 0) is 49.6 Å². The molecule has 3 rings (SSSR count). The van der Waals surface area contributed by atoms with Gasteiger partial charge in [0.1, 0.15) is 5.75 Å². The van der Waals surface area contributed by atoms with Crippen LogP contribution in [0.15, 0.2) is 64.4 Å². The van der Waals surface area contributed by atoms with Gasteiger partial charge >= 0.3 is 0 Å². The van der Waals surface area contributed by atoms with Gasteiger partial charge < -0.3 is 9.47 Å². The number of carbonyl (C=O) groups is 2. The quantitative estimate of drug-likeness (QED) is 0.338. The number of carbonyl (C=O) groups excluding carboxylic acids is 2. The van der Waals surface area contributed by atoms with Gasteiger partial charge in [-0.15, -0.1) is 0 Å². The Morgan fingerprint density at radius 2 is 1.58 bits per heavy atom. The Bertz CT molecular complexity index is 909. The molecule has 1 aliphatic rings. The lowest BCUT2D eigenvalue weighted by atomic mass is 10.1. The largest absolute Gasteiger partial charge is 0.494 e. The predicted octanol–water partition coefficient (Wildman–Crippen LogP) is 5.16. The van der Waals surface area contributed by atoms with E-state index in [-0.39, 0.29) is 11.8 Å². The first-order chi connectivity index (χ1) is 15.2. The number of hydrogen-bond acceptors (Lipinski definition) is 5. The summed E-state index contributed by atoms with van der Waals surface area (Å²) >= 11 is 1.34. The molecule has 0 unspecified atom stereocenters. The van der Waals surface area contributed by atoms with Gasteiger partial charge in [0.25, 0.3) is 11.8 Å². The summed E-state index contributed by atoms with van der Waals surface area (Å²) in [6.07, 6.45) is 2.72. The molecule has 0 N–H and O–H groups in total. The highest BCUT2D eigenvalue weighted by atomic mass is 32.2. The van der Waals surface area contributed by atoms with Gasteiger partial charge in [0, 0.05) is 24.7 Å². The molecule has 6 heteroatoms. The normalized spacial score (nSPS) is 13.9. The standard InChI is InChI=1S/C25H29NO4S/c1-3-5-17-29-18-9-16-26-24(27)22(19-12-14-20(15-13-19)30-4-2)23(25(26)28)31-21-10-7-6-8-11-21/h6-8,10-15H,3-5,9,16-18H2,1-2H3. The average Bonchev–Trinajstić information content (AvgIpc) is 3.01. The molecule has 0 aromatic heterocycles. The lowest BCUT2D eigenvalue weighted by molar-refractivity contribution is -0.136. The second-order valence-corrected chi connectivity index (χ2v) is 8.24. The molecular formula is C25H29NO4S. The van der Waals surface area contributed by atoms with Crippen molar-refractivity contribution in [1.82, 2.24) is 4.90 Å². The summed E-state index contributed by atoms with van der Waals surface area (Å²) in [5.74, 6) is 0.249. The molecule has 31 heavy (non-hydrogen) atoms. The second kappa shape index (κ2) is 11.7. The van der Waals surface area contributed by atoms with Gasteiger partial charge in [0.05, 0.1) is 17.1 Å². The van der Waals surface area contributed by atoms with Gasteiger partial charge in [-0.1, -0.05) is 55.4 Å².